The number of aromatic nitrogens is 2. The van der Waals surface area contributed by atoms with Crippen LogP contribution in [0.25, 0.3) is 11.3 Å². The van der Waals surface area contributed by atoms with Gasteiger partial charge in [-0.1, -0.05) is 6.07 Å². The normalized spacial score (nSPS) is 13.8. The van der Waals surface area contributed by atoms with E-state index in [4.69, 9.17) is 9.47 Å². The van der Waals surface area contributed by atoms with Gasteiger partial charge in [-0.2, -0.15) is 0 Å². The van der Waals surface area contributed by atoms with Crippen LogP contribution >= 0.6 is 0 Å². The first-order valence-electron chi connectivity index (χ1n) is 10.1. The molecule has 0 bridgehead atoms. The molecule has 1 saturated heterocycles. The van der Waals surface area contributed by atoms with E-state index in [1.165, 1.54) is 11.0 Å². The van der Waals surface area contributed by atoms with Crippen molar-refractivity contribution in [1.82, 2.24) is 15.1 Å². The molecule has 3 aromatic rings. The third kappa shape index (κ3) is 4.18. The van der Waals surface area contributed by atoms with Gasteiger partial charge in [-0.25, -0.2) is 8.78 Å². The molecule has 1 aliphatic rings. The molecular weight excluding hydrogens is 418 g/mol. The predicted molar refractivity (Wildman–Crippen MR) is 115 cm³/mol. The monoisotopic (exact) mass is 440 g/mol. The van der Waals surface area contributed by atoms with E-state index >= 15 is 0 Å². The predicted octanol–water partition coefficient (Wildman–Crippen LogP) is 3.40. The molecule has 0 unspecified atom stereocenters. The maximum atomic E-state index is 13.9. The molecule has 0 N–H and O–H groups in total. The minimum atomic E-state index is -0.853. The van der Waals surface area contributed by atoms with Crippen molar-refractivity contribution in [3.05, 3.63) is 65.7 Å². The number of carbonyl (C=O) groups excluding carboxylic acids is 1. The van der Waals surface area contributed by atoms with E-state index in [1.54, 1.807) is 20.3 Å². The van der Waals surface area contributed by atoms with Gasteiger partial charge in [0.05, 0.1) is 19.9 Å². The summed E-state index contributed by atoms with van der Waals surface area (Å²) in [5, 5.41) is 8.63. The Hall–Kier alpha value is -3.75. The van der Waals surface area contributed by atoms with E-state index < -0.39 is 23.1 Å². The quantitative estimate of drug-likeness (QED) is 0.606. The molecule has 7 nitrogen and oxygen atoms in total. The van der Waals surface area contributed by atoms with Gasteiger partial charge in [-0.3, -0.25) is 4.79 Å². The lowest BCUT2D eigenvalue weighted by Crippen LogP contribution is -2.49. The molecule has 1 aliphatic heterocycles. The summed E-state index contributed by atoms with van der Waals surface area (Å²) < 4.78 is 38.5. The Kier molecular flexibility index (Phi) is 6.16. The number of piperazine rings is 1. The Morgan fingerprint density at radius 2 is 1.56 bits per heavy atom. The lowest BCUT2D eigenvalue weighted by molar-refractivity contribution is 0.0736. The number of anilines is 1. The van der Waals surface area contributed by atoms with Crippen molar-refractivity contribution in [2.24, 2.45) is 0 Å². The van der Waals surface area contributed by atoms with Crippen LogP contribution in [-0.4, -0.2) is 61.4 Å². The highest BCUT2D eigenvalue weighted by Crippen LogP contribution is 2.31. The molecule has 1 amide bonds. The fraction of sp³-hybridized carbons (Fsp3) is 0.261. The number of carbonyl (C=O) groups is 1. The van der Waals surface area contributed by atoms with Crippen LogP contribution in [0.4, 0.5) is 14.6 Å². The van der Waals surface area contributed by atoms with Gasteiger partial charge in [-0.15, -0.1) is 10.2 Å². The Morgan fingerprint density at radius 3 is 2.16 bits per heavy atom. The van der Waals surface area contributed by atoms with E-state index in [2.05, 4.69) is 10.2 Å². The summed E-state index contributed by atoms with van der Waals surface area (Å²) in [4.78, 5) is 16.0. The van der Waals surface area contributed by atoms with E-state index in [0.29, 0.717) is 49.2 Å². The summed E-state index contributed by atoms with van der Waals surface area (Å²) >= 11 is 0. The maximum Gasteiger partial charge on any atom is 0.259 e. The fourth-order valence-corrected chi connectivity index (χ4v) is 3.64. The smallest absolute Gasteiger partial charge is 0.259 e. The summed E-state index contributed by atoms with van der Waals surface area (Å²) in [6.45, 7) is 1.61. The molecule has 0 atom stereocenters. The van der Waals surface area contributed by atoms with Gasteiger partial charge in [0.2, 0.25) is 0 Å². The van der Waals surface area contributed by atoms with Gasteiger partial charge >= 0.3 is 0 Å². The van der Waals surface area contributed by atoms with Crippen molar-refractivity contribution in [3.63, 3.8) is 0 Å². The van der Waals surface area contributed by atoms with Crippen molar-refractivity contribution in [1.29, 1.82) is 0 Å². The van der Waals surface area contributed by atoms with Gasteiger partial charge in [0.15, 0.2) is 17.3 Å². The largest absolute Gasteiger partial charge is 0.493 e. The Morgan fingerprint density at radius 1 is 0.875 bits per heavy atom. The third-order valence-electron chi connectivity index (χ3n) is 5.40. The summed E-state index contributed by atoms with van der Waals surface area (Å²) in [6.07, 6.45) is 0. The zero-order valence-corrected chi connectivity index (χ0v) is 17.7. The molecule has 1 fully saturated rings. The first-order valence-corrected chi connectivity index (χ1v) is 10.1. The first-order chi connectivity index (χ1) is 15.5. The van der Waals surface area contributed by atoms with Gasteiger partial charge in [-0.05, 0) is 42.5 Å². The molecule has 0 aliphatic carbocycles. The fourth-order valence-electron chi connectivity index (χ4n) is 3.64. The molecule has 2 aromatic carbocycles. The van der Waals surface area contributed by atoms with Crippen LogP contribution in [0.3, 0.4) is 0 Å². The molecule has 2 heterocycles. The standard InChI is InChI=1S/C23H22F2N4O3/c1-31-19-8-6-15(14-20(19)32-2)18-7-9-21(27-26-18)28-10-12-29(13-11-28)23(30)22-16(24)4-3-5-17(22)25/h3-9,14H,10-13H2,1-2H3. The van der Waals surface area contributed by atoms with Crippen LogP contribution in [-0.2, 0) is 0 Å². The molecule has 1 aromatic heterocycles. The van der Waals surface area contributed by atoms with E-state index in [1.807, 2.05) is 29.2 Å². The molecule has 4 rings (SSSR count). The minimum Gasteiger partial charge on any atom is -0.493 e. The van der Waals surface area contributed by atoms with E-state index in [-0.39, 0.29) is 0 Å². The zero-order valence-electron chi connectivity index (χ0n) is 17.7. The topological polar surface area (TPSA) is 67.8 Å². The highest BCUT2D eigenvalue weighted by Gasteiger charge is 2.27. The van der Waals surface area contributed by atoms with E-state index in [9.17, 15) is 13.6 Å². The number of ether oxygens (including phenoxy) is 2. The zero-order chi connectivity index (χ0) is 22.7. The number of hydrogen-bond acceptors (Lipinski definition) is 6. The van der Waals surface area contributed by atoms with Crippen LogP contribution < -0.4 is 14.4 Å². The van der Waals surface area contributed by atoms with E-state index in [0.717, 1.165) is 17.7 Å². The molecule has 0 spiro atoms. The second-order valence-electron chi connectivity index (χ2n) is 7.22. The Balaban J connectivity index is 1.43. The number of benzene rings is 2. The SMILES string of the molecule is COc1ccc(-c2ccc(N3CCN(C(=O)c4c(F)cccc4F)CC3)nn2)cc1OC. The number of hydrogen-bond donors (Lipinski definition) is 0. The number of methoxy groups -OCH3 is 2. The second kappa shape index (κ2) is 9.17. The van der Waals surface area contributed by atoms with Gasteiger partial charge < -0.3 is 19.3 Å². The number of halogens is 2. The Labute approximate surface area is 184 Å². The van der Waals surface area contributed by atoms with Crippen molar-refractivity contribution in [2.75, 3.05) is 45.3 Å². The van der Waals surface area contributed by atoms with Gasteiger partial charge in [0.25, 0.3) is 5.91 Å². The summed E-state index contributed by atoms with van der Waals surface area (Å²) in [7, 11) is 3.15. The van der Waals surface area contributed by atoms with Gasteiger partial charge in [0.1, 0.15) is 17.2 Å². The molecule has 32 heavy (non-hydrogen) atoms. The summed E-state index contributed by atoms with van der Waals surface area (Å²) in [5.74, 6) is -0.455. The van der Waals surface area contributed by atoms with Crippen LogP contribution in [0.15, 0.2) is 48.5 Å². The van der Waals surface area contributed by atoms with Crippen LogP contribution in [0.5, 0.6) is 11.5 Å². The average molecular weight is 440 g/mol. The summed E-state index contributed by atoms with van der Waals surface area (Å²) in [5.41, 5.74) is 1.00. The maximum absolute atomic E-state index is 13.9. The molecule has 166 valence electrons. The van der Waals surface area contributed by atoms with Crippen LogP contribution in [0.2, 0.25) is 0 Å². The average Bonchev–Trinajstić information content (AvgIpc) is 2.83. The molecule has 9 heteroatoms. The molecule has 0 saturated carbocycles. The molecular formula is C23H22F2N4O3. The third-order valence-corrected chi connectivity index (χ3v) is 5.40. The lowest BCUT2D eigenvalue weighted by Gasteiger charge is -2.35. The van der Waals surface area contributed by atoms with Crippen molar-refractivity contribution in [2.45, 2.75) is 0 Å². The highest BCUT2D eigenvalue weighted by atomic mass is 19.1. The number of rotatable bonds is 5. The van der Waals surface area contributed by atoms with Gasteiger partial charge in [0, 0.05) is 31.7 Å². The highest BCUT2D eigenvalue weighted by molar-refractivity contribution is 5.95. The van der Waals surface area contributed by atoms with Crippen LogP contribution in [0.1, 0.15) is 10.4 Å². The number of amides is 1. The van der Waals surface area contributed by atoms with Crippen LogP contribution in [0, 0.1) is 11.6 Å². The first kappa shape index (κ1) is 21.5. The Bertz CT molecular complexity index is 1100. The summed E-state index contributed by atoms with van der Waals surface area (Å²) in [6, 6.07) is 12.6. The minimum absolute atomic E-state index is 0.325. The number of nitrogens with zero attached hydrogens (tertiary/aromatic N) is 4. The second-order valence-corrected chi connectivity index (χ2v) is 7.22. The van der Waals surface area contributed by atoms with Crippen molar-refractivity contribution < 1.29 is 23.0 Å². The van der Waals surface area contributed by atoms with Crippen molar-refractivity contribution >= 4 is 11.7 Å². The van der Waals surface area contributed by atoms with Crippen molar-refractivity contribution in [3.8, 4) is 22.8 Å². The molecule has 0 radical (unpaired) electrons. The lowest BCUT2D eigenvalue weighted by atomic mass is 10.1.